The summed E-state index contributed by atoms with van der Waals surface area (Å²) in [5.74, 6) is -0.505. The number of carboxylic acids is 1. The molecule has 0 saturated heterocycles. The first-order valence-electron chi connectivity index (χ1n) is 10.9. The summed E-state index contributed by atoms with van der Waals surface area (Å²) in [5.41, 5.74) is 4.42. The lowest BCUT2D eigenvalue weighted by Gasteiger charge is -2.28. The number of aliphatic carboxylic acids is 1. The monoisotopic (exact) mass is 437 g/mol. The molecular weight excluding hydrogens is 409 g/mol. The molecule has 0 saturated carbocycles. The normalized spacial score (nSPS) is 17.4. The van der Waals surface area contributed by atoms with Crippen LogP contribution in [0.2, 0.25) is 0 Å². The second-order valence-corrected chi connectivity index (χ2v) is 8.58. The minimum absolute atomic E-state index is 0.0240. The third-order valence-corrected chi connectivity index (χ3v) is 6.09. The van der Waals surface area contributed by atoms with Gasteiger partial charge in [-0.15, -0.1) is 0 Å². The number of hydrogen-bond acceptors (Lipinski definition) is 4. The highest BCUT2D eigenvalue weighted by Crippen LogP contribution is 2.37. The van der Waals surface area contributed by atoms with Gasteiger partial charge in [0, 0.05) is 28.9 Å². The van der Waals surface area contributed by atoms with Crippen LogP contribution in [-0.4, -0.2) is 40.2 Å². The van der Waals surface area contributed by atoms with E-state index in [0.717, 1.165) is 41.6 Å². The summed E-state index contributed by atoms with van der Waals surface area (Å²) in [4.78, 5) is 19.3. The van der Waals surface area contributed by atoms with Crippen LogP contribution in [0.4, 0.5) is 4.39 Å². The molecule has 0 fully saturated rings. The summed E-state index contributed by atoms with van der Waals surface area (Å²) >= 11 is 0. The first-order valence-corrected chi connectivity index (χ1v) is 10.9. The number of halogens is 1. The fourth-order valence-corrected chi connectivity index (χ4v) is 4.36. The van der Waals surface area contributed by atoms with Gasteiger partial charge in [-0.2, -0.15) is 0 Å². The van der Waals surface area contributed by atoms with Crippen molar-refractivity contribution in [1.29, 1.82) is 0 Å². The lowest BCUT2D eigenvalue weighted by Crippen LogP contribution is -2.46. The number of nitrogens with zero attached hydrogens (tertiary/aromatic N) is 1. The maximum atomic E-state index is 14.0. The molecule has 2 atom stereocenters. The topological polar surface area (TPSA) is 87.2 Å². The molecule has 6 nitrogen and oxygen atoms in total. The molecule has 2 heterocycles. The number of carbonyl (C=O) groups is 1. The largest absolute Gasteiger partial charge is 0.496 e. The second-order valence-electron chi connectivity index (χ2n) is 8.58. The van der Waals surface area contributed by atoms with E-state index in [4.69, 9.17) is 4.74 Å². The standard InChI is InChI=1S/C25H28FN3O3/c1-14(2)23(25(30)31)28-17-7-4-15(5-8-17)21-13-20-18(10-11-27-24(20)29-21)19-12-16(26)6-9-22(19)32-3/h4,6,9-14,17,23,28H,5,7-8H2,1-3H3,(H,27,29)(H,30,31)/t17?,23-/m0/s1. The Labute approximate surface area is 186 Å². The Bertz CT molecular complexity index is 1170. The van der Waals surface area contributed by atoms with Crippen molar-refractivity contribution in [3.8, 4) is 16.9 Å². The van der Waals surface area contributed by atoms with Gasteiger partial charge in [-0.25, -0.2) is 9.37 Å². The fraction of sp³-hybridized carbons (Fsp3) is 0.360. The van der Waals surface area contributed by atoms with Crippen LogP contribution in [0.3, 0.4) is 0 Å². The smallest absolute Gasteiger partial charge is 0.320 e. The minimum Gasteiger partial charge on any atom is -0.496 e. The van der Waals surface area contributed by atoms with Crippen molar-refractivity contribution in [2.75, 3.05) is 7.11 Å². The van der Waals surface area contributed by atoms with Gasteiger partial charge in [0.05, 0.1) is 7.11 Å². The molecule has 168 valence electrons. The number of rotatable bonds is 7. The van der Waals surface area contributed by atoms with Crippen molar-refractivity contribution >= 4 is 22.6 Å². The lowest BCUT2D eigenvalue weighted by molar-refractivity contribution is -0.140. The molecule has 0 spiro atoms. The van der Waals surface area contributed by atoms with E-state index in [9.17, 15) is 14.3 Å². The average molecular weight is 438 g/mol. The van der Waals surface area contributed by atoms with E-state index in [2.05, 4.69) is 27.4 Å². The van der Waals surface area contributed by atoms with Crippen molar-refractivity contribution in [2.24, 2.45) is 5.92 Å². The van der Waals surface area contributed by atoms with Crippen LogP contribution in [0.5, 0.6) is 5.75 Å². The molecule has 7 heteroatoms. The number of aromatic nitrogens is 2. The van der Waals surface area contributed by atoms with Gasteiger partial charge in [0.1, 0.15) is 23.3 Å². The van der Waals surface area contributed by atoms with Crippen LogP contribution in [0.15, 0.2) is 42.6 Å². The van der Waals surface area contributed by atoms with Gasteiger partial charge in [0.15, 0.2) is 0 Å². The molecule has 1 aliphatic rings. The van der Waals surface area contributed by atoms with E-state index in [1.54, 1.807) is 19.4 Å². The van der Waals surface area contributed by atoms with Gasteiger partial charge >= 0.3 is 5.97 Å². The van der Waals surface area contributed by atoms with E-state index in [0.29, 0.717) is 11.3 Å². The van der Waals surface area contributed by atoms with E-state index in [1.165, 1.54) is 17.7 Å². The first kappa shape index (κ1) is 22.0. The fourth-order valence-electron chi connectivity index (χ4n) is 4.36. The second kappa shape index (κ2) is 9.12. The first-order chi connectivity index (χ1) is 15.4. The zero-order valence-electron chi connectivity index (χ0n) is 18.5. The van der Waals surface area contributed by atoms with E-state index in [1.807, 2.05) is 19.9 Å². The number of benzene rings is 1. The predicted octanol–water partition coefficient (Wildman–Crippen LogP) is 5.01. The number of allylic oxidation sites excluding steroid dienone is 1. The zero-order valence-corrected chi connectivity index (χ0v) is 18.5. The molecule has 1 unspecified atom stereocenters. The molecule has 3 aromatic rings. The van der Waals surface area contributed by atoms with Gasteiger partial charge in [0.25, 0.3) is 0 Å². The molecule has 0 aliphatic heterocycles. The molecule has 0 bridgehead atoms. The number of ether oxygens (including phenoxy) is 1. The van der Waals surface area contributed by atoms with Crippen LogP contribution in [0.1, 0.15) is 38.8 Å². The van der Waals surface area contributed by atoms with E-state index >= 15 is 0 Å². The number of methoxy groups -OCH3 is 1. The van der Waals surface area contributed by atoms with Crippen molar-refractivity contribution in [1.82, 2.24) is 15.3 Å². The van der Waals surface area contributed by atoms with E-state index < -0.39 is 12.0 Å². The van der Waals surface area contributed by atoms with Crippen LogP contribution < -0.4 is 10.1 Å². The van der Waals surface area contributed by atoms with Crippen LogP contribution in [0.25, 0.3) is 27.7 Å². The Hall–Kier alpha value is -3.19. The maximum Gasteiger partial charge on any atom is 0.320 e. The number of aromatic amines is 1. The van der Waals surface area contributed by atoms with Crippen molar-refractivity contribution in [3.05, 3.63) is 54.1 Å². The molecule has 0 amide bonds. The van der Waals surface area contributed by atoms with E-state index in [-0.39, 0.29) is 17.8 Å². The van der Waals surface area contributed by atoms with Crippen LogP contribution in [0, 0.1) is 11.7 Å². The van der Waals surface area contributed by atoms with Crippen molar-refractivity contribution in [2.45, 2.75) is 45.2 Å². The lowest BCUT2D eigenvalue weighted by atomic mass is 9.91. The zero-order chi connectivity index (χ0) is 22.8. The maximum absolute atomic E-state index is 14.0. The summed E-state index contributed by atoms with van der Waals surface area (Å²) in [5, 5.41) is 13.6. The Morgan fingerprint density at radius 2 is 2.09 bits per heavy atom. The number of H-pyrrole nitrogens is 1. The highest BCUT2D eigenvalue weighted by atomic mass is 19.1. The van der Waals surface area contributed by atoms with Gasteiger partial charge in [-0.3, -0.25) is 4.79 Å². The molecular formula is C25H28FN3O3. The summed E-state index contributed by atoms with van der Waals surface area (Å²) in [6.45, 7) is 3.83. The third-order valence-electron chi connectivity index (χ3n) is 6.09. The number of hydrogen-bond donors (Lipinski definition) is 3. The SMILES string of the molecule is COc1ccc(F)cc1-c1ccnc2[nH]c(C3=CCC(N[C@H](C(=O)O)C(C)C)CC3)cc12. The van der Waals surface area contributed by atoms with Crippen molar-refractivity contribution in [3.63, 3.8) is 0 Å². The van der Waals surface area contributed by atoms with Crippen LogP contribution >= 0.6 is 0 Å². The molecule has 4 rings (SSSR count). The molecule has 3 N–H and O–H groups in total. The Morgan fingerprint density at radius 1 is 1.28 bits per heavy atom. The third kappa shape index (κ3) is 4.39. The quantitative estimate of drug-likeness (QED) is 0.484. The summed E-state index contributed by atoms with van der Waals surface area (Å²) in [7, 11) is 1.57. The Kier molecular flexibility index (Phi) is 6.28. The summed E-state index contributed by atoms with van der Waals surface area (Å²) in [6.07, 6.45) is 6.31. The Balaban J connectivity index is 1.61. The van der Waals surface area contributed by atoms with Gasteiger partial charge in [0.2, 0.25) is 0 Å². The Morgan fingerprint density at radius 3 is 2.75 bits per heavy atom. The van der Waals surface area contributed by atoms with Gasteiger partial charge in [-0.05, 0) is 66.6 Å². The highest BCUT2D eigenvalue weighted by molar-refractivity contribution is 5.96. The number of carboxylic acid groups (broad SMARTS) is 1. The molecule has 0 radical (unpaired) electrons. The molecule has 1 aromatic carbocycles. The van der Waals surface area contributed by atoms with Crippen LogP contribution in [-0.2, 0) is 4.79 Å². The molecule has 32 heavy (non-hydrogen) atoms. The molecule has 1 aliphatic carbocycles. The molecule has 2 aromatic heterocycles. The number of fused-ring (bicyclic) bond motifs is 1. The van der Waals surface area contributed by atoms with Gasteiger partial charge in [-0.1, -0.05) is 19.9 Å². The average Bonchev–Trinajstić information content (AvgIpc) is 3.22. The summed E-state index contributed by atoms with van der Waals surface area (Å²) < 4.78 is 19.4. The number of nitrogens with one attached hydrogen (secondary N) is 2. The predicted molar refractivity (Wildman–Crippen MR) is 123 cm³/mol. The number of pyridine rings is 1. The van der Waals surface area contributed by atoms with Gasteiger partial charge < -0.3 is 20.1 Å². The van der Waals surface area contributed by atoms with Crippen molar-refractivity contribution < 1.29 is 19.0 Å². The summed E-state index contributed by atoms with van der Waals surface area (Å²) in [6, 6.07) is 8.00. The highest BCUT2D eigenvalue weighted by Gasteiger charge is 2.26. The minimum atomic E-state index is -0.809.